The van der Waals surface area contributed by atoms with E-state index in [0.29, 0.717) is 60.1 Å². The highest BCUT2D eigenvalue weighted by atomic mass is 16.5. The van der Waals surface area contributed by atoms with Crippen molar-refractivity contribution in [3.8, 4) is 34.8 Å². The molecule has 0 saturated carbocycles. The molecule has 0 N–H and O–H groups in total. The highest BCUT2D eigenvalue weighted by molar-refractivity contribution is 6.02. The van der Waals surface area contributed by atoms with E-state index in [0.717, 1.165) is 28.2 Å². The Hall–Kier alpha value is -6.34. The van der Waals surface area contributed by atoms with Gasteiger partial charge in [0.25, 0.3) is 5.91 Å². The molecule has 4 aromatic carbocycles. The number of para-hydroxylation sites is 1. The van der Waals surface area contributed by atoms with Crippen molar-refractivity contribution in [2.75, 3.05) is 32.8 Å². The predicted octanol–water partition coefficient (Wildman–Crippen LogP) is 7.13. The lowest BCUT2D eigenvalue weighted by molar-refractivity contribution is -0.118. The number of aromatic nitrogens is 1. The SMILES string of the molecule is COc1ccc(CN(Cc2ccc(OC)cc2)C(=O)c2cncc(N3CCC(c4ccc(OC)c(Oc5ccccc5C#N)c4)C3=O)c2)cc1. The van der Waals surface area contributed by atoms with E-state index in [1.807, 2.05) is 54.6 Å². The predicted molar refractivity (Wildman–Crippen MR) is 188 cm³/mol. The number of carbonyl (C=O) groups is 2. The summed E-state index contributed by atoms with van der Waals surface area (Å²) in [4.78, 5) is 35.8. The monoisotopic (exact) mass is 668 g/mol. The Morgan fingerprint density at radius 2 is 1.48 bits per heavy atom. The number of carbonyl (C=O) groups excluding carboxylic acids is 2. The number of anilines is 1. The van der Waals surface area contributed by atoms with Crippen LogP contribution in [0.3, 0.4) is 0 Å². The van der Waals surface area contributed by atoms with E-state index < -0.39 is 5.92 Å². The fraction of sp³-hybridized carbons (Fsp3) is 0.200. The van der Waals surface area contributed by atoms with Crippen molar-refractivity contribution < 1.29 is 28.5 Å². The molecule has 50 heavy (non-hydrogen) atoms. The zero-order chi connectivity index (χ0) is 35.0. The van der Waals surface area contributed by atoms with Crippen molar-refractivity contribution in [1.82, 2.24) is 9.88 Å². The Labute approximate surface area is 291 Å². The third-order valence-corrected chi connectivity index (χ3v) is 8.66. The molecule has 0 aliphatic carbocycles. The van der Waals surface area contributed by atoms with Crippen LogP contribution in [0.4, 0.5) is 5.69 Å². The number of ether oxygens (including phenoxy) is 4. The molecule has 0 radical (unpaired) electrons. The van der Waals surface area contributed by atoms with Gasteiger partial charge in [0.2, 0.25) is 5.91 Å². The quantitative estimate of drug-likeness (QED) is 0.138. The Bertz CT molecular complexity index is 1970. The number of pyridine rings is 1. The average molecular weight is 669 g/mol. The largest absolute Gasteiger partial charge is 0.497 e. The molecule has 0 bridgehead atoms. The maximum Gasteiger partial charge on any atom is 0.256 e. The second-order valence-corrected chi connectivity index (χ2v) is 11.7. The van der Waals surface area contributed by atoms with Crippen LogP contribution in [0, 0.1) is 11.3 Å². The highest BCUT2D eigenvalue weighted by Gasteiger charge is 2.35. The van der Waals surface area contributed by atoms with Gasteiger partial charge in [0.1, 0.15) is 23.3 Å². The van der Waals surface area contributed by atoms with Gasteiger partial charge in [0.15, 0.2) is 11.5 Å². The number of rotatable bonds is 12. The van der Waals surface area contributed by atoms with Crippen molar-refractivity contribution in [3.63, 3.8) is 0 Å². The van der Waals surface area contributed by atoms with Gasteiger partial charge in [-0.15, -0.1) is 0 Å². The van der Waals surface area contributed by atoms with Gasteiger partial charge in [0.05, 0.1) is 50.3 Å². The van der Waals surface area contributed by atoms with Crippen LogP contribution in [0.1, 0.15) is 45.0 Å². The Morgan fingerprint density at radius 1 is 0.820 bits per heavy atom. The zero-order valence-electron chi connectivity index (χ0n) is 28.0. The first kappa shape index (κ1) is 33.6. The topological polar surface area (TPSA) is 114 Å². The molecule has 1 aromatic heterocycles. The van der Waals surface area contributed by atoms with E-state index in [1.165, 1.54) is 13.3 Å². The van der Waals surface area contributed by atoms with Crippen molar-refractivity contribution in [1.29, 1.82) is 5.26 Å². The third kappa shape index (κ3) is 7.37. The molecule has 1 aliphatic rings. The van der Waals surface area contributed by atoms with Crippen LogP contribution in [0.2, 0.25) is 0 Å². The fourth-order valence-electron chi connectivity index (χ4n) is 5.98. The highest BCUT2D eigenvalue weighted by Crippen LogP contribution is 2.39. The summed E-state index contributed by atoms with van der Waals surface area (Å²) in [6.07, 6.45) is 3.69. The lowest BCUT2D eigenvalue weighted by Crippen LogP contribution is -2.31. The van der Waals surface area contributed by atoms with Gasteiger partial charge >= 0.3 is 0 Å². The van der Waals surface area contributed by atoms with Crippen LogP contribution in [0.25, 0.3) is 0 Å². The van der Waals surface area contributed by atoms with E-state index in [-0.39, 0.29) is 11.8 Å². The van der Waals surface area contributed by atoms with Gasteiger partial charge in [-0.05, 0) is 77.7 Å². The molecule has 252 valence electrons. The van der Waals surface area contributed by atoms with Gasteiger partial charge in [-0.3, -0.25) is 14.6 Å². The van der Waals surface area contributed by atoms with Crippen molar-refractivity contribution >= 4 is 17.5 Å². The molecule has 1 fully saturated rings. The first-order valence-corrected chi connectivity index (χ1v) is 16.1. The molecule has 1 aliphatic heterocycles. The lowest BCUT2D eigenvalue weighted by atomic mass is 9.97. The molecule has 2 amide bonds. The van der Waals surface area contributed by atoms with Crippen molar-refractivity contribution in [2.45, 2.75) is 25.4 Å². The number of benzene rings is 4. The first-order valence-electron chi connectivity index (χ1n) is 16.1. The van der Waals surface area contributed by atoms with Gasteiger partial charge in [0, 0.05) is 25.8 Å². The van der Waals surface area contributed by atoms with Gasteiger partial charge in [-0.25, -0.2) is 0 Å². The summed E-state index contributed by atoms with van der Waals surface area (Å²) in [5.74, 6) is 1.96. The molecule has 1 unspecified atom stereocenters. The molecule has 6 rings (SSSR count). The molecule has 2 heterocycles. The second-order valence-electron chi connectivity index (χ2n) is 11.7. The smallest absolute Gasteiger partial charge is 0.256 e. The minimum absolute atomic E-state index is 0.113. The molecule has 0 spiro atoms. The number of amides is 2. The van der Waals surface area contributed by atoms with E-state index in [1.54, 1.807) is 72.7 Å². The number of methoxy groups -OCH3 is 3. The summed E-state index contributed by atoms with van der Waals surface area (Å²) < 4.78 is 22.2. The van der Waals surface area contributed by atoms with Gasteiger partial charge in [-0.2, -0.15) is 5.26 Å². The molecule has 10 heteroatoms. The van der Waals surface area contributed by atoms with Crippen molar-refractivity contribution in [2.24, 2.45) is 0 Å². The van der Waals surface area contributed by atoms with Crippen LogP contribution in [-0.4, -0.2) is 49.6 Å². The maximum absolute atomic E-state index is 14.1. The lowest BCUT2D eigenvalue weighted by Gasteiger charge is -2.24. The van der Waals surface area contributed by atoms with E-state index in [2.05, 4.69) is 11.1 Å². The van der Waals surface area contributed by atoms with Crippen LogP contribution >= 0.6 is 0 Å². The first-order chi connectivity index (χ1) is 24.4. The normalized spacial score (nSPS) is 13.8. The van der Waals surface area contributed by atoms with Gasteiger partial charge in [-0.1, -0.05) is 42.5 Å². The number of hydrogen-bond acceptors (Lipinski definition) is 8. The standard InChI is InChI=1S/C40H36N4O6/c1-47-33-13-8-27(9-14-33)25-43(26-28-10-15-34(48-2)16-11-28)39(45)31-20-32(24-42-23-31)44-19-18-35(40(44)46)29-12-17-37(49-3)38(21-29)50-36-7-5-4-6-30(36)22-41/h4-17,20-21,23-24,35H,18-19,25-26H2,1-3H3. The summed E-state index contributed by atoms with van der Waals surface area (Å²) in [6, 6.07) is 31.4. The van der Waals surface area contributed by atoms with Crippen LogP contribution < -0.4 is 23.8 Å². The van der Waals surface area contributed by atoms with Crippen LogP contribution in [-0.2, 0) is 17.9 Å². The maximum atomic E-state index is 14.1. The second kappa shape index (κ2) is 15.3. The van der Waals surface area contributed by atoms with E-state index in [9.17, 15) is 14.9 Å². The van der Waals surface area contributed by atoms with Crippen LogP contribution in [0.5, 0.6) is 28.7 Å². The molecular formula is C40H36N4O6. The molecule has 10 nitrogen and oxygen atoms in total. The number of hydrogen-bond donors (Lipinski definition) is 0. The fourth-order valence-corrected chi connectivity index (χ4v) is 5.98. The van der Waals surface area contributed by atoms with Crippen LogP contribution in [0.15, 0.2) is 109 Å². The average Bonchev–Trinajstić information content (AvgIpc) is 3.56. The summed E-state index contributed by atoms with van der Waals surface area (Å²) >= 11 is 0. The Morgan fingerprint density at radius 3 is 2.10 bits per heavy atom. The molecule has 5 aromatic rings. The third-order valence-electron chi connectivity index (χ3n) is 8.66. The number of nitrogens with zero attached hydrogens (tertiary/aromatic N) is 4. The minimum Gasteiger partial charge on any atom is -0.497 e. The molecule has 1 atom stereocenters. The van der Waals surface area contributed by atoms with E-state index in [4.69, 9.17) is 18.9 Å². The molecular weight excluding hydrogens is 632 g/mol. The summed E-state index contributed by atoms with van der Waals surface area (Å²) in [5.41, 5.74) is 3.94. The Kier molecular flexibility index (Phi) is 10.2. The molecule has 1 saturated heterocycles. The summed E-state index contributed by atoms with van der Waals surface area (Å²) in [6.45, 7) is 1.15. The summed E-state index contributed by atoms with van der Waals surface area (Å²) in [7, 11) is 4.77. The van der Waals surface area contributed by atoms with Crippen molar-refractivity contribution in [3.05, 3.63) is 137 Å². The minimum atomic E-state index is -0.449. The van der Waals surface area contributed by atoms with Gasteiger partial charge < -0.3 is 28.7 Å². The zero-order valence-corrected chi connectivity index (χ0v) is 28.0. The number of nitriles is 1. The summed E-state index contributed by atoms with van der Waals surface area (Å²) in [5, 5.41) is 9.53. The van der Waals surface area contributed by atoms with E-state index >= 15 is 0 Å². The Balaban J connectivity index is 1.23.